The number of nitrogens with one attached hydrogen (secondary N) is 2. The van der Waals surface area contributed by atoms with Crippen LogP contribution in [0.5, 0.6) is 0 Å². The summed E-state index contributed by atoms with van der Waals surface area (Å²) < 4.78 is 7.17. The third kappa shape index (κ3) is 7.89. The van der Waals surface area contributed by atoms with Crippen molar-refractivity contribution in [1.29, 1.82) is 0 Å². The number of benzene rings is 2. The van der Waals surface area contributed by atoms with Crippen molar-refractivity contribution in [2.75, 3.05) is 26.2 Å². The van der Waals surface area contributed by atoms with Gasteiger partial charge in [0, 0.05) is 49.8 Å². The standard InChI is InChI=1S/C39H45N9O4/c1-25-19-30(9-10-31(25)21-40-36(50)35-44-37(52-45-35)39(2,3)4)34-32-20-27(23-48(32)42-24-41-34)11-15-46-16-12-29(13-17-46)28-7-5-26(6-8-28)22-47-18-14-33(49)43-38(47)51/h5-10,19-20,23-24,29H,11-18,21-22H2,1-4H3,(H,40,50)(H,43,49,51). The number of hydrogen-bond acceptors (Lipinski definition) is 9. The summed E-state index contributed by atoms with van der Waals surface area (Å²) >= 11 is 0. The van der Waals surface area contributed by atoms with Crippen LogP contribution in [0.4, 0.5) is 4.79 Å². The zero-order valence-electron chi connectivity index (χ0n) is 30.2. The van der Waals surface area contributed by atoms with Crippen LogP contribution in [0.2, 0.25) is 0 Å². The van der Waals surface area contributed by atoms with E-state index in [4.69, 9.17) is 4.52 Å². The van der Waals surface area contributed by atoms with Crippen molar-refractivity contribution in [3.05, 3.63) is 101 Å². The van der Waals surface area contributed by atoms with Crippen molar-refractivity contribution in [2.45, 2.75) is 77.8 Å². The van der Waals surface area contributed by atoms with Gasteiger partial charge in [-0.25, -0.2) is 14.3 Å². The number of aromatic nitrogens is 5. The molecule has 4 amide bonds. The molecule has 2 aliphatic heterocycles. The number of amides is 4. The topological polar surface area (TPSA) is 151 Å². The Bertz CT molecular complexity index is 2090. The van der Waals surface area contributed by atoms with E-state index in [1.165, 1.54) is 11.1 Å². The largest absolute Gasteiger partial charge is 0.345 e. The Labute approximate surface area is 302 Å². The van der Waals surface area contributed by atoms with Crippen LogP contribution >= 0.6 is 0 Å². The fourth-order valence-electron chi connectivity index (χ4n) is 6.90. The van der Waals surface area contributed by atoms with Crippen LogP contribution in [-0.2, 0) is 29.7 Å². The highest BCUT2D eigenvalue weighted by Crippen LogP contribution is 2.30. The molecular formula is C39H45N9O4. The molecule has 3 aromatic heterocycles. The van der Waals surface area contributed by atoms with Gasteiger partial charge in [0.15, 0.2) is 0 Å². The molecule has 5 aromatic rings. The summed E-state index contributed by atoms with van der Waals surface area (Å²) in [5.74, 6) is 0.393. The highest BCUT2D eigenvalue weighted by atomic mass is 16.5. The minimum absolute atomic E-state index is 0.0297. The second kappa shape index (κ2) is 14.7. The lowest BCUT2D eigenvalue weighted by atomic mass is 9.89. The third-order valence-corrected chi connectivity index (χ3v) is 10.1. The molecule has 2 aromatic carbocycles. The number of hydrogen-bond donors (Lipinski definition) is 2. The van der Waals surface area contributed by atoms with E-state index in [0.717, 1.165) is 72.4 Å². The normalized spacial score (nSPS) is 16.0. The first kappa shape index (κ1) is 35.0. The van der Waals surface area contributed by atoms with E-state index in [9.17, 15) is 14.4 Å². The SMILES string of the molecule is Cc1cc(-c2ncnn3cc(CCN4CCC(c5ccc(CN6CCC(=O)NC6=O)cc5)CC4)cc23)ccc1CNC(=O)c1noc(C(C)(C)C)n1. The molecule has 5 heterocycles. The van der Waals surface area contributed by atoms with Crippen LogP contribution in [0, 0.1) is 6.92 Å². The maximum atomic E-state index is 12.7. The van der Waals surface area contributed by atoms with Gasteiger partial charge in [0.2, 0.25) is 11.8 Å². The summed E-state index contributed by atoms with van der Waals surface area (Å²) in [4.78, 5) is 49.3. The Morgan fingerprint density at radius 1 is 1.02 bits per heavy atom. The van der Waals surface area contributed by atoms with Crippen LogP contribution in [0.3, 0.4) is 0 Å². The fourth-order valence-corrected chi connectivity index (χ4v) is 6.90. The molecule has 13 nitrogen and oxygen atoms in total. The van der Waals surface area contributed by atoms with Crippen molar-refractivity contribution in [1.82, 2.24) is 45.2 Å². The maximum absolute atomic E-state index is 12.7. The van der Waals surface area contributed by atoms with Crippen LogP contribution in [0.1, 0.15) is 90.3 Å². The van der Waals surface area contributed by atoms with Crippen molar-refractivity contribution in [2.24, 2.45) is 0 Å². The van der Waals surface area contributed by atoms with Gasteiger partial charge in [-0.2, -0.15) is 10.1 Å². The van der Waals surface area contributed by atoms with Crippen LogP contribution < -0.4 is 10.6 Å². The third-order valence-electron chi connectivity index (χ3n) is 10.1. The minimum atomic E-state index is -0.376. The van der Waals surface area contributed by atoms with Crippen LogP contribution in [-0.4, -0.2) is 78.6 Å². The molecule has 52 heavy (non-hydrogen) atoms. The number of fused-ring (bicyclic) bond motifs is 1. The molecule has 7 rings (SSSR count). The van der Waals surface area contributed by atoms with E-state index >= 15 is 0 Å². The first-order valence-electron chi connectivity index (χ1n) is 17.9. The Hall–Kier alpha value is -5.43. The van der Waals surface area contributed by atoms with Crippen LogP contribution in [0.25, 0.3) is 16.8 Å². The van der Waals surface area contributed by atoms with Crippen molar-refractivity contribution < 1.29 is 18.9 Å². The molecule has 2 fully saturated rings. The summed E-state index contributed by atoms with van der Waals surface area (Å²) in [6, 6.07) is 16.6. The Kier molecular flexibility index (Phi) is 9.87. The summed E-state index contributed by atoms with van der Waals surface area (Å²) in [7, 11) is 0. The fraction of sp³-hybridized carbons (Fsp3) is 0.410. The maximum Gasteiger partial charge on any atom is 0.324 e. The summed E-state index contributed by atoms with van der Waals surface area (Å²) in [5, 5.41) is 13.6. The molecule has 0 saturated carbocycles. The molecule has 270 valence electrons. The molecule has 0 unspecified atom stereocenters. The number of aryl methyl sites for hydroxylation is 1. The number of carbonyl (C=O) groups excluding carboxylic acids is 3. The summed E-state index contributed by atoms with van der Waals surface area (Å²) in [6.07, 6.45) is 7.18. The molecular weight excluding hydrogens is 658 g/mol. The van der Waals surface area contributed by atoms with Gasteiger partial charge in [-0.1, -0.05) is 62.3 Å². The number of imide groups is 1. The Morgan fingerprint density at radius 2 is 1.81 bits per heavy atom. The van der Waals surface area contributed by atoms with E-state index in [1.807, 2.05) is 44.3 Å². The summed E-state index contributed by atoms with van der Waals surface area (Å²) in [5.41, 5.74) is 8.14. The van der Waals surface area contributed by atoms with Crippen molar-refractivity contribution in [3.63, 3.8) is 0 Å². The number of likely N-dealkylation sites (tertiary alicyclic amines) is 1. The van der Waals surface area contributed by atoms with Gasteiger partial charge in [-0.3, -0.25) is 14.9 Å². The Morgan fingerprint density at radius 3 is 2.52 bits per heavy atom. The van der Waals surface area contributed by atoms with Gasteiger partial charge in [-0.15, -0.1) is 0 Å². The Balaban J connectivity index is 0.915. The smallest absolute Gasteiger partial charge is 0.324 e. The zero-order valence-corrected chi connectivity index (χ0v) is 30.2. The molecule has 13 heteroatoms. The van der Waals surface area contributed by atoms with Gasteiger partial charge in [0.05, 0.1) is 11.2 Å². The number of nitrogens with zero attached hydrogens (tertiary/aromatic N) is 7. The van der Waals surface area contributed by atoms with Crippen LogP contribution in [0.15, 0.2) is 65.6 Å². The number of piperidine rings is 1. The van der Waals surface area contributed by atoms with Gasteiger partial charge in [-0.05, 0) is 85.1 Å². The highest BCUT2D eigenvalue weighted by molar-refractivity contribution is 5.96. The van der Waals surface area contributed by atoms with Gasteiger partial charge >= 0.3 is 6.03 Å². The molecule has 0 radical (unpaired) electrons. The lowest BCUT2D eigenvalue weighted by Gasteiger charge is -2.32. The minimum Gasteiger partial charge on any atom is -0.345 e. The summed E-state index contributed by atoms with van der Waals surface area (Å²) in [6.45, 7) is 12.3. The zero-order chi connectivity index (χ0) is 36.4. The van der Waals surface area contributed by atoms with E-state index < -0.39 is 0 Å². The first-order chi connectivity index (χ1) is 25.0. The quantitative estimate of drug-likeness (QED) is 0.201. The first-order valence-corrected chi connectivity index (χ1v) is 17.9. The van der Waals surface area contributed by atoms with E-state index in [1.54, 1.807) is 11.2 Å². The number of carbonyl (C=O) groups is 3. The molecule has 0 bridgehead atoms. The van der Waals surface area contributed by atoms with E-state index in [2.05, 4.69) is 78.4 Å². The average molecular weight is 704 g/mol. The number of rotatable bonds is 10. The molecule has 0 aliphatic carbocycles. The molecule has 2 saturated heterocycles. The second-order valence-corrected chi connectivity index (χ2v) is 14.9. The molecule has 2 aliphatic rings. The second-order valence-electron chi connectivity index (χ2n) is 14.9. The lowest BCUT2D eigenvalue weighted by Crippen LogP contribution is -2.48. The van der Waals surface area contributed by atoms with Gasteiger partial charge < -0.3 is 19.6 Å². The lowest BCUT2D eigenvalue weighted by molar-refractivity contribution is -0.121. The average Bonchev–Trinajstić information content (AvgIpc) is 3.80. The van der Waals surface area contributed by atoms with Gasteiger partial charge in [0.1, 0.15) is 6.33 Å². The van der Waals surface area contributed by atoms with Crippen molar-refractivity contribution >= 4 is 23.4 Å². The van der Waals surface area contributed by atoms with Gasteiger partial charge in [0.25, 0.3) is 11.7 Å². The molecule has 2 N–H and O–H groups in total. The van der Waals surface area contributed by atoms with E-state index in [0.29, 0.717) is 37.9 Å². The van der Waals surface area contributed by atoms with Crippen molar-refractivity contribution in [3.8, 4) is 11.3 Å². The molecule has 0 spiro atoms. The van der Waals surface area contributed by atoms with E-state index in [-0.39, 0.29) is 29.1 Å². The molecule has 0 atom stereocenters. The predicted molar refractivity (Wildman–Crippen MR) is 194 cm³/mol. The monoisotopic (exact) mass is 703 g/mol. The number of urea groups is 1. The predicted octanol–water partition coefficient (Wildman–Crippen LogP) is 5.18. The highest BCUT2D eigenvalue weighted by Gasteiger charge is 2.25.